The number of ether oxygens (including phenoxy) is 1. The van der Waals surface area contributed by atoms with Crippen LogP contribution in [0.15, 0.2) is 36.8 Å². The predicted molar refractivity (Wildman–Crippen MR) is 129 cm³/mol. The van der Waals surface area contributed by atoms with Gasteiger partial charge in [-0.3, -0.25) is 9.38 Å². The average Bonchev–Trinajstić information content (AvgIpc) is 3.54. The molecule has 200 valence electrons. The van der Waals surface area contributed by atoms with Crippen LogP contribution in [-0.4, -0.2) is 59.1 Å². The molecule has 0 aliphatic carbocycles. The van der Waals surface area contributed by atoms with Gasteiger partial charge < -0.3 is 14.7 Å². The molecule has 1 saturated heterocycles. The number of aliphatic hydroxyl groups excluding tert-OH is 1. The highest BCUT2D eigenvalue weighted by atomic mass is 19.4. The molecule has 4 aromatic heterocycles. The highest BCUT2D eigenvalue weighted by Gasteiger charge is 2.32. The fraction of sp³-hybridized carbons (Fsp3) is 0.360. The van der Waals surface area contributed by atoms with Crippen LogP contribution in [-0.2, 0) is 6.18 Å². The minimum absolute atomic E-state index is 0.00957. The number of hydrogen-bond donors (Lipinski definition) is 1. The number of aromatic nitrogens is 6. The molecule has 0 saturated carbocycles. The van der Waals surface area contributed by atoms with Crippen LogP contribution >= 0.6 is 0 Å². The average molecular weight is 538 g/mol. The maximum absolute atomic E-state index is 13.3. The summed E-state index contributed by atoms with van der Waals surface area (Å²) < 4.78 is 49.0. The number of halogens is 3. The molecular formula is C25H22F3N9O2. The number of imidazole rings is 1. The number of rotatable bonds is 6. The Morgan fingerprint density at radius 2 is 1.92 bits per heavy atom. The second-order valence-corrected chi connectivity index (χ2v) is 9.11. The number of fused-ring (bicyclic) bond motifs is 1. The van der Waals surface area contributed by atoms with E-state index in [4.69, 9.17) is 10.00 Å². The fourth-order valence-corrected chi connectivity index (χ4v) is 4.69. The zero-order valence-electron chi connectivity index (χ0n) is 20.7. The Labute approximate surface area is 220 Å². The summed E-state index contributed by atoms with van der Waals surface area (Å²) >= 11 is 0. The molecule has 0 bridgehead atoms. The van der Waals surface area contributed by atoms with E-state index in [0.29, 0.717) is 36.2 Å². The number of aliphatic hydroxyl groups is 1. The first kappa shape index (κ1) is 25.9. The number of likely N-dealkylation sites (tertiary alicyclic amines) is 1. The van der Waals surface area contributed by atoms with Gasteiger partial charge in [0.1, 0.15) is 29.2 Å². The minimum atomic E-state index is -4.62. The van der Waals surface area contributed by atoms with E-state index in [9.17, 15) is 23.5 Å². The van der Waals surface area contributed by atoms with Gasteiger partial charge in [0, 0.05) is 42.7 Å². The molecular weight excluding hydrogens is 515 g/mol. The van der Waals surface area contributed by atoms with Crippen molar-refractivity contribution in [2.24, 2.45) is 0 Å². The Morgan fingerprint density at radius 1 is 1.15 bits per heavy atom. The monoisotopic (exact) mass is 537 g/mol. The quantitative estimate of drug-likeness (QED) is 0.366. The van der Waals surface area contributed by atoms with Crippen LogP contribution in [0.1, 0.15) is 47.5 Å². The first-order chi connectivity index (χ1) is 18.7. The molecule has 1 aliphatic heterocycles. The van der Waals surface area contributed by atoms with Gasteiger partial charge in [-0.15, -0.1) is 5.10 Å². The zero-order chi connectivity index (χ0) is 27.7. The molecule has 0 amide bonds. The molecule has 1 N–H and O–H groups in total. The Hall–Kier alpha value is -4.69. The second-order valence-electron chi connectivity index (χ2n) is 9.11. The van der Waals surface area contributed by atoms with Gasteiger partial charge in [0.05, 0.1) is 30.1 Å². The number of pyridine rings is 2. The Bertz CT molecular complexity index is 1590. The number of nitrogens with zero attached hydrogens (tertiary/aromatic N) is 9. The number of nitriles is 2. The lowest BCUT2D eigenvalue weighted by molar-refractivity contribution is -0.137. The third kappa shape index (κ3) is 4.94. The SMILES string of the molecule is Cc1c(-c2cc(OC(CO)c3cncc(C(F)(F)F)c3)n3c(C#N)cnc3c2)nnn1C1CCN(C#N)CC1. The van der Waals surface area contributed by atoms with Crippen molar-refractivity contribution in [3.05, 3.63) is 59.3 Å². The van der Waals surface area contributed by atoms with E-state index in [1.807, 2.05) is 17.7 Å². The van der Waals surface area contributed by atoms with Crippen molar-refractivity contribution in [1.29, 1.82) is 10.5 Å². The van der Waals surface area contributed by atoms with Crippen LogP contribution < -0.4 is 4.74 Å². The fourth-order valence-electron chi connectivity index (χ4n) is 4.69. The van der Waals surface area contributed by atoms with Gasteiger partial charge in [-0.2, -0.15) is 23.7 Å². The highest BCUT2D eigenvalue weighted by molar-refractivity contribution is 5.68. The Balaban J connectivity index is 1.53. The van der Waals surface area contributed by atoms with Crippen molar-refractivity contribution < 1.29 is 23.0 Å². The van der Waals surface area contributed by atoms with E-state index in [2.05, 4.69) is 26.5 Å². The minimum Gasteiger partial charge on any atom is -0.468 e. The molecule has 0 radical (unpaired) electrons. The molecule has 0 aromatic carbocycles. The lowest BCUT2D eigenvalue weighted by Gasteiger charge is -2.28. The van der Waals surface area contributed by atoms with E-state index in [-0.39, 0.29) is 23.2 Å². The van der Waals surface area contributed by atoms with E-state index in [1.54, 1.807) is 17.0 Å². The van der Waals surface area contributed by atoms with Gasteiger partial charge in [-0.1, -0.05) is 5.21 Å². The molecule has 11 nitrogen and oxygen atoms in total. The molecule has 0 spiro atoms. The third-order valence-corrected chi connectivity index (χ3v) is 6.73. The molecule has 1 fully saturated rings. The molecule has 14 heteroatoms. The topological polar surface area (TPSA) is 141 Å². The summed E-state index contributed by atoms with van der Waals surface area (Å²) in [5, 5.41) is 37.5. The lowest BCUT2D eigenvalue weighted by atomic mass is 10.0. The van der Waals surface area contributed by atoms with Gasteiger partial charge in [0.2, 0.25) is 5.88 Å². The van der Waals surface area contributed by atoms with Crippen molar-refractivity contribution in [1.82, 2.24) is 34.3 Å². The summed E-state index contributed by atoms with van der Waals surface area (Å²) in [7, 11) is 0. The summed E-state index contributed by atoms with van der Waals surface area (Å²) in [6.07, 6.45) is 1.02. The maximum Gasteiger partial charge on any atom is 0.417 e. The van der Waals surface area contributed by atoms with Gasteiger partial charge in [-0.05, 0) is 31.9 Å². The molecule has 5 heterocycles. The van der Waals surface area contributed by atoms with Crippen LogP contribution in [0.5, 0.6) is 5.88 Å². The largest absolute Gasteiger partial charge is 0.468 e. The first-order valence-electron chi connectivity index (χ1n) is 12.0. The Morgan fingerprint density at radius 3 is 2.59 bits per heavy atom. The smallest absolute Gasteiger partial charge is 0.417 e. The predicted octanol–water partition coefficient (Wildman–Crippen LogP) is 3.42. The van der Waals surface area contributed by atoms with Crippen molar-refractivity contribution in [3.8, 4) is 29.4 Å². The van der Waals surface area contributed by atoms with Crippen molar-refractivity contribution >= 4 is 5.65 Å². The zero-order valence-corrected chi connectivity index (χ0v) is 20.7. The summed E-state index contributed by atoms with van der Waals surface area (Å²) in [6.45, 7) is 2.46. The highest BCUT2D eigenvalue weighted by Crippen LogP contribution is 2.34. The molecule has 1 unspecified atom stereocenters. The van der Waals surface area contributed by atoms with E-state index >= 15 is 0 Å². The second kappa shape index (κ2) is 10.2. The van der Waals surface area contributed by atoms with Crippen LogP contribution in [0.4, 0.5) is 13.2 Å². The van der Waals surface area contributed by atoms with E-state index in [0.717, 1.165) is 24.6 Å². The van der Waals surface area contributed by atoms with Crippen LogP contribution in [0.25, 0.3) is 16.9 Å². The summed E-state index contributed by atoms with van der Waals surface area (Å²) in [4.78, 5) is 9.63. The molecule has 1 aliphatic rings. The Kier molecular flexibility index (Phi) is 6.80. The third-order valence-electron chi connectivity index (χ3n) is 6.73. The van der Waals surface area contributed by atoms with E-state index < -0.39 is 24.5 Å². The van der Waals surface area contributed by atoms with Crippen molar-refractivity contribution in [3.63, 3.8) is 0 Å². The van der Waals surface area contributed by atoms with Gasteiger partial charge in [-0.25, -0.2) is 9.67 Å². The van der Waals surface area contributed by atoms with Gasteiger partial charge in [0.15, 0.2) is 6.19 Å². The van der Waals surface area contributed by atoms with E-state index in [1.165, 1.54) is 16.8 Å². The van der Waals surface area contributed by atoms with Crippen molar-refractivity contribution in [2.45, 2.75) is 38.1 Å². The summed E-state index contributed by atoms with van der Waals surface area (Å²) in [5.74, 6) is 0.0734. The summed E-state index contributed by atoms with van der Waals surface area (Å²) in [5.41, 5.74) is 1.37. The standard InChI is InChI=1S/C25H22F3N9O2/c1-15-24(33-34-37(15)19-2-4-35(14-30)5-3-19)16-7-22-32-12-20(9-29)36(22)23(8-16)39-21(13-38)17-6-18(11-31-10-17)25(26,27)28/h6-8,10-12,19,21,38H,2-5,13H2,1H3. The number of hydrogen-bond acceptors (Lipinski definition) is 9. The first-order valence-corrected chi connectivity index (χ1v) is 12.0. The van der Waals surface area contributed by atoms with Crippen molar-refractivity contribution in [2.75, 3.05) is 19.7 Å². The van der Waals surface area contributed by atoms with Gasteiger partial charge >= 0.3 is 6.18 Å². The van der Waals surface area contributed by atoms with Crippen LogP contribution in [0, 0.1) is 29.7 Å². The molecule has 1 atom stereocenters. The van der Waals surface area contributed by atoms with Crippen LogP contribution in [0.3, 0.4) is 0 Å². The number of piperidine rings is 1. The van der Waals surface area contributed by atoms with Gasteiger partial charge in [0.25, 0.3) is 0 Å². The lowest BCUT2D eigenvalue weighted by Crippen LogP contribution is -2.31. The molecule has 5 rings (SSSR count). The van der Waals surface area contributed by atoms with Crippen LogP contribution in [0.2, 0.25) is 0 Å². The normalized spacial score (nSPS) is 15.2. The molecule has 39 heavy (non-hydrogen) atoms. The summed E-state index contributed by atoms with van der Waals surface area (Å²) in [6, 6.07) is 6.23. The number of alkyl halides is 3. The molecule has 4 aromatic rings. The maximum atomic E-state index is 13.3.